The number of ether oxygens (including phenoxy) is 1. The van der Waals surface area contributed by atoms with Crippen molar-refractivity contribution in [3.8, 4) is 5.75 Å². The summed E-state index contributed by atoms with van der Waals surface area (Å²) < 4.78 is 43.5. The van der Waals surface area contributed by atoms with Gasteiger partial charge in [0.1, 0.15) is 5.75 Å². The molecule has 0 atom stereocenters. The summed E-state index contributed by atoms with van der Waals surface area (Å²) in [4.78, 5) is 27.4. The summed E-state index contributed by atoms with van der Waals surface area (Å²) in [7, 11) is 0. The standard InChI is InChI=1S/C21H21F3N2O3/c1-15(27)25-9-11-26(12-10-25)18-5-7-19(8-6-18)29-20(28)14-16-3-2-4-17(13-16)21(22,23)24/h2-8,13H,9-12,14H2,1H3. The maximum Gasteiger partial charge on any atom is 0.416 e. The Kier molecular flexibility index (Phi) is 6.10. The lowest BCUT2D eigenvalue weighted by Crippen LogP contribution is -2.48. The fourth-order valence-corrected chi connectivity index (χ4v) is 3.20. The number of nitrogens with zero attached hydrogens (tertiary/aromatic N) is 2. The van der Waals surface area contributed by atoms with Crippen LogP contribution in [-0.4, -0.2) is 43.0 Å². The Balaban J connectivity index is 1.56. The number of piperazine rings is 1. The van der Waals surface area contributed by atoms with Gasteiger partial charge in [-0.05, 0) is 35.9 Å². The van der Waals surface area contributed by atoms with Crippen molar-refractivity contribution in [3.63, 3.8) is 0 Å². The zero-order chi connectivity index (χ0) is 21.0. The van der Waals surface area contributed by atoms with E-state index in [1.807, 2.05) is 12.1 Å². The van der Waals surface area contributed by atoms with Crippen molar-refractivity contribution in [1.82, 2.24) is 4.90 Å². The van der Waals surface area contributed by atoms with Gasteiger partial charge in [0.05, 0.1) is 12.0 Å². The second-order valence-electron chi connectivity index (χ2n) is 6.84. The van der Waals surface area contributed by atoms with Gasteiger partial charge in [-0.2, -0.15) is 13.2 Å². The lowest BCUT2D eigenvalue weighted by Gasteiger charge is -2.35. The van der Waals surface area contributed by atoms with E-state index < -0.39 is 17.7 Å². The van der Waals surface area contributed by atoms with Crippen LogP contribution >= 0.6 is 0 Å². The third-order valence-corrected chi connectivity index (χ3v) is 4.76. The summed E-state index contributed by atoms with van der Waals surface area (Å²) in [5.74, 6) is -0.243. The van der Waals surface area contributed by atoms with Crippen LogP contribution in [0.1, 0.15) is 18.1 Å². The highest BCUT2D eigenvalue weighted by Crippen LogP contribution is 2.29. The van der Waals surface area contributed by atoms with Crippen LogP contribution in [0.2, 0.25) is 0 Å². The second kappa shape index (κ2) is 8.55. The van der Waals surface area contributed by atoms with Gasteiger partial charge < -0.3 is 14.5 Å². The molecule has 154 valence electrons. The third kappa shape index (κ3) is 5.49. The van der Waals surface area contributed by atoms with E-state index >= 15 is 0 Å². The first-order valence-corrected chi connectivity index (χ1v) is 9.20. The molecule has 1 fully saturated rings. The fourth-order valence-electron chi connectivity index (χ4n) is 3.20. The Morgan fingerprint density at radius 2 is 1.66 bits per heavy atom. The van der Waals surface area contributed by atoms with Crippen LogP contribution in [0, 0.1) is 0 Å². The Labute approximate surface area is 166 Å². The van der Waals surface area contributed by atoms with Crippen LogP contribution in [-0.2, 0) is 22.2 Å². The predicted octanol–water partition coefficient (Wildman–Crippen LogP) is 3.52. The molecule has 1 saturated heterocycles. The van der Waals surface area contributed by atoms with E-state index in [1.165, 1.54) is 12.1 Å². The average molecular weight is 406 g/mol. The van der Waals surface area contributed by atoms with Crippen LogP contribution in [0.3, 0.4) is 0 Å². The molecule has 29 heavy (non-hydrogen) atoms. The van der Waals surface area contributed by atoms with Gasteiger partial charge in [-0.15, -0.1) is 0 Å². The van der Waals surface area contributed by atoms with Crippen molar-refractivity contribution in [1.29, 1.82) is 0 Å². The summed E-state index contributed by atoms with van der Waals surface area (Å²) in [5, 5.41) is 0. The van der Waals surface area contributed by atoms with Gasteiger partial charge in [0.25, 0.3) is 0 Å². The molecule has 0 saturated carbocycles. The SMILES string of the molecule is CC(=O)N1CCN(c2ccc(OC(=O)Cc3cccc(C(F)(F)F)c3)cc2)CC1. The number of rotatable bonds is 4. The molecule has 8 heteroatoms. The van der Waals surface area contributed by atoms with Crippen molar-refractivity contribution in [2.24, 2.45) is 0 Å². The lowest BCUT2D eigenvalue weighted by molar-refractivity contribution is -0.138. The number of carbonyl (C=O) groups excluding carboxylic acids is 2. The van der Waals surface area contributed by atoms with Crippen molar-refractivity contribution < 1.29 is 27.5 Å². The Morgan fingerprint density at radius 1 is 1.00 bits per heavy atom. The van der Waals surface area contributed by atoms with Crippen LogP contribution in [0.25, 0.3) is 0 Å². The summed E-state index contributed by atoms with van der Waals surface area (Å²) in [5.41, 5.74) is 0.396. The third-order valence-electron chi connectivity index (χ3n) is 4.76. The second-order valence-corrected chi connectivity index (χ2v) is 6.84. The number of hydrogen-bond donors (Lipinski definition) is 0. The fraction of sp³-hybridized carbons (Fsp3) is 0.333. The molecule has 0 unspecified atom stereocenters. The molecule has 5 nitrogen and oxygen atoms in total. The van der Waals surface area contributed by atoms with Gasteiger partial charge in [0.15, 0.2) is 0 Å². The smallest absolute Gasteiger partial charge is 0.416 e. The molecule has 0 aromatic heterocycles. The molecule has 0 N–H and O–H groups in total. The van der Waals surface area contributed by atoms with E-state index in [0.717, 1.165) is 17.8 Å². The summed E-state index contributed by atoms with van der Waals surface area (Å²) in [6.45, 7) is 4.30. The number of benzene rings is 2. The quantitative estimate of drug-likeness (QED) is 0.576. The molecular weight excluding hydrogens is 385 g/mol. The highest BCUT2D eigenvalue weighted by Gasteiger charge is 2.30. The summed E-state index contributed by atoms with van der Waals surface area (Å²) in [6.07, 6.45) is -4.70. The minimum Gasteiger partial charge on any atom is -0.426 e. The molecule has 2 aromatic rings. The number of alkyl halides is 3. The summed E-state index contributed by atoms with van der Waals surface area (Å²) in [6, 6.07) is 11.6. The van der Waals surface area contributed by atoms with Crippen LogP contribution in [0.15, 0.2) is 48.5 Å². The molecule has 2 aromatic carbocycles. The predicted molar refractivity (Wildman–Crippen MR) is 102 cm³/mol. The molecule has 0 radical (unpaired) electrons. The molecule has 1 heterocycles. The van der Waals surface area contributed by atoms with Gasteiger partial charge >= 0.3 is 12.1 Å². The van der Waals surface area contributed by atoms with Gasteiger partial charge in [-0.25, -0.2) is 0 Å². The van der Waals surface area contributed by atoms with Crippen molar-refractivity contribution in [2.75, 3.05) is 31.1 Å². The minimum atomic E-state index is -4.45. The highest BCUT2D eigenvalue weighted by atomic mass is 19.4. The maximum atomic E-state index is 12.8. The first-order valence-electron chi connectivity index (χ1n) is 9.20. The number of halogens is 3. The van der Waals surface area contributed by atoms with Gasteiger partial charge in [0, 0.05) is 38.8 Å². The van der Waals surface area contributed by atoms with E-state index in [1.54, 1.807) is 24.0 Å². The van der Waals surface area contributed by atoms with E-state index in [4.69, 9.17) is 4.74 Å². The number of anilines is 1. The van der Waals surface area contributed by atoms with Crippen molar-refractivity contribution >= 4 is 17.6 Å². The number of carbonyl (C=O) groups is 2. The molecule has 0 aliphatic carbocycles. The Morgan fingerprint density at radius 3 is 2.24 bits per heavy atom. The molecule has 0 spiro atoms. The topological polar surface area (TPSA) is 49.9 Å². The first kappa shape index (κ1) is 20.7. The number of amides is 1. The molecule has 1 aliphatic heterocycles. The van der Waals surface area contributed by atoms with Crippen molar-refractivity contribution in [3.05, 3.63) is 59.7 Å². The van der Waals surface area contributed by atoms with Gasteiger partial charge in [-0.1, -0.05) is 18.2 Å². The average Bonchev–Trinajstić information content (AvgIpc) is 2.68. The molecule has 1 aliphatic rings. The number of hydrogen-bond acceptors (Lipinski definition) is 4. The normalized spacial score (nSPS) is 14.6. The zero-order valence-corrected chi connectivity index (χ0v) is 15.9. The van der Waals surface area contributed by atoms with E-state index in [-0.39, 0.29) is 17.9 Å². The van der Waals surface area contributed by atoms with Crippen LogP contribution in [0.5, 0.6) is 5.75 Å². The van der Waals surface area contributed by atoms with E-state index in [0.29, 0.717) is 31.9 Å². The number of esters is 1. The van der Waals surface area contributed by atoms with Gasteiger partial charge in [-0.3, -0.25) is 9.59 Å². The largest absolute Gasteiger partial charge is 0.426 e. The monoisotopic (exact) mass is 406 g/mol. The molecule has 3 rings (SSSR count). The van der Waals surface area contributed by atoms with Gasteiger partial charge in [0.2, 0.25) is 5.91 Å². The Hall–Kier alpha value is -3.03. The molecule has 0 bridgehead atoms. The van der Waals surface area contributed by atoms with E-state index in [2.05, 4.69) is 4.90 Å². The highest BCUT2D eigenvalue weighted by molar-refractivity contribution is 5.75. The van der Waals surface area contributed by atoms with Crippen LogP contribution < -0.4 is 9.64 Å². The van der Waals surface area contributed by atoms with Crippen molar-refractivity contribution in [2.45, 2.75) is 19.5 Å². The first-order chi connectivity index (χ1) is 13.7. The Bertz CT molecular complexity index is 873. The minimum absolute atomic E-state index is 0.0627. The molecular formula is C21H21F3N2O3. The maximum absolute atomic E-state index is 12.8. The molecule has 1 amide bonds. The van der Waals surface area contributed by atoms with E-state index in [9.17, 15) is 22.8 Å². The summed E-state index contributed by atoms with van der Waals surface area (Å²) >= 11 is 0. The lowest BCUT2D eigenvalue weighted by atomic mass is 10.1. The van der Waals surface area contributed by atoms with Crippen LogP contribution in [0.4, 0.5) is 18.9 Å². The zero-order valence-electron chi connectivity index (χ0n) is 15.9.